The molecule has 0 amide bonds. The fourth-order valence-corrected chi connectivity index (χ4v) is 3.06. The van der Waals surface area contributed by atoms with Gasteiger partial charge < -0.3 is 14.4 Å². The first kappa shape index (κ1) is 17.5. The largest absolute Gasteiger partial charge is 0.480 e. The van der Waals surface area contributed by atoms with Crippen LogP contribution in [0.15, 0.2) is 51.9 Å². The van der Waals surface area contributed by atoms with Gasteiger partial charge in [0.1, 0.15) is 12.4 Å². The van der Waals surface area contributed by atoms with E-state index in [-0.39, 0.29) is 6.61 Å². The van der Waals surface area contributed by atoms with Gasteiger partial charge in [-0.3, -0.25) is 4.99 Å². The van der Waals surface area contributed by atoms with Crippen molar-refractivity contribution in [3.8, 4) is 18.1 Å². The van der Waals surface area contributed by atoms with E-state index in [1.807, 2.05) is 36.5 Å². The third-order valence-corrected chi connectivity index (χ3v) is 4.48. The summed E-state index contributed by atoms with van der Waals surface area (Å²) in [6.45, 7) is 3.70. The molecule has 0 aromatic heterocycles. The lowest BCUT2D eigenvalue weighted by Gasteiger charge is -2.28. The smallest absolute Gasteiger partial charge is 0.148 e. The van der Waals surface area contributed by atoms with E-state index in [0.29, 0.717) is 0 Å². The molecule has 2 aromatic carbocycles. The summed E-state index contributed by atoms with van der Waals surface area (Å²) in [5.41, 5.74) is 3.11. The van der Waals surface area contributed by atoms with E-state index in [9.17, 15) is 0 Å². The number of ether oxygens (including phenoxy) is 2. The Hall–Kier alpha value is -2.29. The van der Waals surface area contributed by atoms with E-state index >= 15 is 0 Å². The molecule has 0 spiro atoms. The zero-order valence-electron chi connectivity index (χ0n) is 13.8. The van der Waals surface area contributed by atoms with Crippen LogP contribution in [0.25, 0.3) is 0 Å². The minimum absolute atomic E-state index is 0.252. The molecule has 5 heteroatoms. The zero-order valence-corrected chi connectivity index (χ0v) is 15.4. The van der Waals surface area contributed by atoms with Crippen LogP contribution in [0.4, 0.5) is 11.4 Å². The lowest BCUT2D eigenvalue weighted by molar-refractivity contribution is 0.122. The van der Waals surface area contributed by atoms with Crippen LogP contribution in [0, 0.1) is 12.3 Å². The van der Waals surface area contributed by atoms with Crippen molar-refractivity contribution >= 4 is 33.5 Å². The Morgan fingerprint density at radius 2 is 1.96 bits per heavy atom. The van der Waals surface area contributed by atoms with Crippen LogP contribution < -0.4 is 9.64 Å². The highest BCUT2D eigenvalue weighted by Crippen LogP contribution is 2.26. The molecule has 0 N–H and O–H groups in total. The van der Waals surface area contributed by atoms with Gasteiger partial charge in [0.15, 0.2) is 0 Å². The molecule has 128 valence electrons. The van der Waals surface area contributed by atoms with E-state index < -0.39 is 0 Å². The number of rotatable bonds is 5. The number of terminal acetylenes is 1. The first-order valence-corrected chi connectivity index (χ1v) is 8.88. The van der Waals surface area contributed by atoms with Crippen LogP contribution in [0.2, 0.25) is 0 Å². The number of nitrogens with zero attached hydrogens (tertiary/aromatic N) is 2. The highest BCUT2D eigenvalue weighted by molar-refractivity contribution is 9.10. The highest BCUT2D eigenvalue weighted by atomic mass is 79.9. The Kier molecular flexibility index (Phi) is 6.10. The summed E-state index contributed by atoms with van der Waals surface area (Å²) in [5, 5.41) is 0. The molecular weight excluding hydrogens is 380 g/mol. The standard InChI is InChI=1S/C20H19BrN2O2/c1-2-11-25-20-8-3-16(14-19(20)21)15-22-17-4-6-18(7-5-17)23-9-12-24-13-10-23/h1,3-8,14-15H,9-13H2. The molecule has 0 unspecified atom stereocenters. The van der Waals surface area contributed by atoms with E-state index in [1.165, 1.54) is 5.69 Å². The number of hydrogen-bond donors (Lipinski definition) is 0. The van der Waals surface area contributed by atoms with E-state index in [4.69, 9.17) is 15.9 Å². The van der Waals surface area contributed by atoms with Crippen molar-refractivity contribution in [3.05, 3.63) is 52.5 Å². The van der Waals surface area contributed by atoms with Gasteiger partial charge in [-0.05, 0) is 64.0 Å². The van der Waals surface area contributed by atoms with Crippen LogP contribution in [0.3, 0.4) is 0 Å². The minimum Gasteiger partial charge on any atom is -0.480 e. The zero-order chi connectivity index (χ0) is 17.5. The van der Waals surface area contributed by atoms with Crippen molar-refractivity contribution in [2.75, 3.05) is 37.8 Å². The number of anilines is 1. The Bertz CT molecular complexity index is 775. The van der Waals surface area contributed by atoms with Gasteiger partial charge >= 0.3 is 0 Å². The maximum atomic E-state index is 5.43. The summed E-state index contributed by atoms with van der Waals surface area (Å²) < 4.78 is 11.7. The summed E-state index contributed by atoms with van der Waals surface area (Å²) in [6.07, 6.45) is 7.04. The normalized spacial score (nSPS) is 14.5. The van der Waals surface area contributed by atoms with E-state index in [0.717, 1.165) is 47.8 Å². The number of benzene rings is 2. The third-order valence-electron chi connectivity index (χ3n) is 3.86. The van der Waals surface area contributed by atoms with Crippen LogP contribution in [-0.4, -0.2) is 39.1 Å². The third kappa shape index (κ3) is 4.85. The molecule has 1 aliphatic rings. The maximum absolute atomic E-state index is 5.43. The second-order valence-electron chi connectivity index (χ2n) is 5.56. The first-order chi connectivity index (χ1) is 12.3. The van der Waals surface area contributed by atoms with Gasteiger partial charge in [0.2, 0.25) is 0 Å². The second kappa shape index (κ2) is 8.70. The summed E-state index contributed by atoms with van der Waals surface area (Å²) in [6, 6.07) is 14.0. The summed E-state index contributed by atoms with van der Waals surface area (Å²) >= 11 is 3.49. The van der Waals surface area contributed by atoms with Crippen molar-refractivity contribution in [3.63, 3.8) is 0 Å². The van der Waals surface area contributed by atoms with Gasteiger partial charge in [-0.25, -0.2) is 0 Å². The predicted molar refractivity (Wildman–Crippen MR) is 105 cm³/mol. The van der Waals surface area contributed by atoms with Gasteiger partial charge in [0, 0.05) is 25.0 Å². The van der Waals surface area contributed by atoms with Gasteiger partial charge in [-0.15, -0.1) is 6.42 Å². The maximum Gasteiger partial charge on any atom is 0.148 e. The summed E-state index contributed by atoms with van der Waals surface area (Å²) in [4.78, 5) is 6.86. The monoisotopic (exact) mass is 398 g/mol. The molecule has 0 aliphatic carbocycles. The fraction of sp³-hybridized carbons (Fsp3) is 0.250. The average molecular weight is 399 g/mol. The lowest BCUT2D eigenvalue weighted by atomic mass is 10.2. The minimum atomic E-state index is 0.252. The molecule has 3 rings (SSSR count). The predicted octanol–water partition coefficient (Wildman–Crippen LogP) is 4.05. The Morgan fingerprint density at radius 3 is 2.64 bits per heavy atom. The highest BCUT2D eigenvalue weighted by Gasteiger charge is 2.10. The fourth-order valence-electron chi connectivity index (χ4n) is 2.55. The SMILES string of the molecule is C#CCOc1ccc(C=Nc2ccc(N3CCOCC3)cc2)cc1Br. The quantitative estimate of drug-likeness (QED) is 0.562. The molecule has 2 aromatic rings. The molecular formula is C20H19BrN2O2. The molecule has 25 heavy (non-hydrogen) atoms. The van der Waals surface area contributed by atoms with Gasteiger partial charge in [0.25, 0.3) is 0 Å². The topological polar surface area (TPSA) is 34.1 Å². The average Bonchev–Trinajstić information content (AvgIpc) is 2.67. The Morgan fingerprint density at radius 1 is 1.20 bits per heavy atom. The van der Waals surface area contributed by atoms with Crippen LogP contribution >= 0.6 is 15.9 Å². The summed E-state index contributed by atoms with van der Waals surface area (Å²) in [7, 11) is 0. The molecule has 0 atom stereocenters. The number of halogens is 1. The first-order valence-electron chi connectivity index (χ1n) is 8.09. The summed E-state index contributed by atoms with van der Waals surface area (Å²) in [5.74, 6) is 3.18. The Labute approximate surface area is 156 Å². The van der Waals surface area contributed by atoms with Crippen LogP contribution in [-0.2, 0) is 4.74 Å². The van der Waals surface area contributed by atoms with Crippen LogP contribution in [0.1, 0.15) is 5.56 Å². The second-order valence-corrected chi connectivity index (χ2v) is 6.41. The van der Waals surface area contributed by atoms with Crippen molar-refractivity contribution in [1.29, 1.82) is 0 Å². The van der Waals surface area contributed by atoms with Crippen molar-refractivity contribution in [1.82, 2.24) is 0 Å². The molecule has 1 saturated heterocycles. The molecule has 1 heterocycles. The van der Waals surface area contributed by atoms with Gasteiger partial charge in [0.05, 0.1) is 23.4 Å². The molecule has 0 saturated carbocycles. The van der Waals surface area contributed by atoms with E-state index in [2.05, 4.69) is 43.9 Å². The molecule has 1 fully saturated rings. The number of morpholine rings is 1. The number of aliphatic imine (C=N–C) groups is 1. The van der Waals surface area contributed by atoms with Crippen molar-refractivity contribution in [2.24, 2.45) is 4.99 Å². The van der Waals surface area contributed by atoms with Gasteiger partial charge in [-0.2, -0.15) is 0 Å². The van der Waals surface area contributed by atoms with Gasteiger partial charge in [-0.1, -0.05) is 5.92 Å². The number of hydrogen-bond acceptors (Lipinski definition) is 4. The van der Waals surface area contributed by atoms with Crippen molar-refractivity contribution < 1.29 is 9.47 Å². The van der Waals surface area contributed by atoms with Crippen LogP contribution in [0.5, 0.6) is 5.75 Å². The Balaban J connectivity index is 1.65. The van der Waals surface area contributed by atoms with Crippen molar-refractivity contribution in [2.45, 2.75) is 0 Å². The molecule has 0 bridgehead atoms. The lowest BCUT2D eigenvalue weighted by Crippen LogP contribution is -2.36. The molecule has 1 aliphatic heterocycles. The van der Waals surface area contributed by atoms with E-state index in [1.54, 1.807) is 0 Å². The molecule has 4 nitrogen and oxygen atoms in total. The molecule has 0 radical (unpaired) electrons.